The maximum Gasteiger partial charge on any atom is 0.213 e. The van der Waals surface area contributed by atoms with Crippen molar-refractivity contribution in [3.8, 4) is 11.3 Å². The Kier molecular flexibility index (Phi) is 3.91. The Morgan fingerprint density at radius 3 is 2.65 bits per heavy atom. The van der Waals surface area contributed by atoms with Gasteiger partial charge in [-0.05, 0) is 24.8 Å². The quantitative estimate of drug-likeness (QED) is 0.765. The molecule has 0 bridgehead atoms. The van der Waals surface area contributed by atoms with Gasteiger partial charge in [0.15, 0.2) is 0 Å². The molecule has 0 aliphatic heterocycles. The molecule has 1 N–H and O–H groups in total. The number of aliphatic hydroxyl groups excluding tert-OH is 1. The van der Waals surface area contributed by atoms with Gasteiger partial charge >= 0.3 is 0 Å². The summed E-state index contributed by atoms with van der Waals surface area (Å²) in [4.78, 5) is 5.64. The predicted octanol–water partition coefficient (Wildman–Crippen LogP) is 4.17. The number of rotatable bonds is 5. The van der Waals surface area contributed by atoms with Crippen LogP contribution in [0.5, 0.6) is 0 Å². The van der Waals surface area contributed by atoms with Crippen molar-refractivity contribution >= 4 is 16.3 Å². The maximum atomic E-state index is 9.83. The fourth-order valence-corrected chi connectivity index (χ4v) is 4.20. The molecule has 120 valence electrons. The summed E-state index contributed by atoms with van der Waals surface area (Å²) in [6.07, 6.45) is 6.01. The van der Waals surface area contributed by atoms with E-state index in [2.05, 4.69) is 31.2 Å². The third-order valence-electron chi connectivity index (χ3n) is 4.68. The van der Waals surface area contributed by atoms with Crippen LogP contribution in [0.3, 0.4) is 0 Å². The molecular formula is C18H21N3OS. The monoisotopic (exact) mass is 327 g/mol. The van der Waals surface area contributed by atoms with Crippen LogP contribution in [0.15, 0.2) is 24.3 Å². The van der Waals surface area contributed by atoms with Crippen LogP contribution in [0.25, 0.3) is 16.2 Å². The lowest BCUT2D eigenvalue weighted by Crippen LogP contribution is -2.09. The molecule has 1 fully saturated rings. The molecule has 0 amide bonds. The van der Waals surface area contributed by atoms with Crippen molar-refractivity contribution in [2.75, 3.05) is 0 Å². The van der Waals surface area contributed by atoms with Gasteiger partial charge in [-0.25, -0.2) is 9.50 Å². The largest absolute Gasteiger partial charge is 0.390 e. The van der Waals surface area contributed by atoms with E-state index in [-0.39, 0.29) is 6.61 Å². The molecule has 5 heteroatoms. The average Bonchev–Trinajstić information content (AvgIpc) is 3.03. The normalized spacial score (nSPS) is 15.2. The van der Waals surface area contributed by atoms with E-state index in [4.69, 9.17) is 10.1 Å². The number of hydrogen-bond acceptors (Lipinski definition) is 4. The zero-order chi connectivity index (χ0) is 15.8. The zero-order valence-electron chi connectivity index (χ0n) is 13.3. The van der Waals surface area contributed by atoms with E-state index in [1.165, 1.54) is 29.8 Å². The van der Waals surface area contributed by atoms with Crippen molar-refractivity contribution < 1.29 is 5.11 Å². The summed E-state index contributed by atoms with van der Waals surface area (Å²) >= 11 is 1.67. The molecule has 3 aromatic rings. The summed E-state index contributed by atoms with van der Waals surface area (Å²) in [5, 5.41) is 15.7. The molecule has 0 saturated heterocycles. The number of aryl methyl sites for hydroxylation is 1. The lowest BCUT2D eigenvalue weighted by molar-refractivity contribution is 0.274. The fraction of sp³-hybridized carbons (Fsp3) is 0.444. The van der Waals surface area contributed by atoms with Gasteiger partial charge in [-0.2, -0.15) is 5.10 Å². The van der Waals surface area contributed by atoms with Crippen molar-refractivity contribution in [1.29, 1.82) is 0 Å². The maximum absolute atomic E-state index is 9.83. The average molecular weight is 327 g/mol. The van der Waals surface area contributed by atoms with Gasteiger partial charge in [0, 0.05) is 11.5 Å². The summed E-state index contributed by atoms with van der Waals surface area (Å²) in [7, 11) is 0. The number of aliphatic hydroxyl groups is 1. The van der Waals surface area contributed by atoms with E-state index in [1.807, 2.05) is 4.52 Å². The molecule has 0 radical (unpaired) electrons. The van der Waals surface area contributed by atoms with Crippen LogP contribution in [0.2, 0.25) is 0 Å². The van der Waals surface area contributed by atoms with Crippen molar-refractivity contribution in [2.24, 2.45) is 0 Å². The summed E-state index contributed by atoms with van der Waals surface area (Å²) in [6.45, 7) is 2.15. The molecule has 23 heavy (non-hydrogen) atoms. The number of benzene rings is 1. The van der Waals surface area contributed by atoms with Gasteiger partial charge in [-0.3, -0.25) is 0 Å². The van der Waals surface area contributed by atoms with Crippen LogP contribution in [-0.2, 0) is 13.0 Å². The summed E-state index contributed by atoms with van der Waals surface area (Å²) in [6, 6.07) is 8.51. The second-order valence-electron chi connectivity index (χ2n) is 6.27. The first kappa shape index (κ1) is 14.8. The molecule has 0 atom stereocenters. The van der Waals surface area contributed by atoms with Gasteiger partial charge < -0.3 is 5.11 Å². The molecule has 1 saturated carbocycles. The standard InChI is InChI=1S/C18H21N3OS/c1-2-4-12-7-9-13(10-8-12)16-15(11-22)21-18(19-16)23-17(20-21)14-5-3-6-14/h7-10,14,22H,2-6,11H2,1H3. The Morgan fingerprint density at radius 1 is 1.26 bits per heavy atom. The van der Waals surface area contributed by atoms with Gasteiger partial charge in [-0.15, -0.1) is 0 Å². The van der Waals surface area contributed by atoms with Crippen LogP contribution < -0.4 is 0 Å². The van der Waals surface area contributed by atoms with E-state index in [1.54, 1.807) is 11.3 Å². The third kappa shape index (κ3) is 2.58. The number of hydrogen-bond donors (Lipinski definition) is 1. The number of fused-ring (bicyclic) bond motifs is 1. The van der Waals surface area contributed by atoms with Crippen LogP contribution in [-0.4, -0.2) is 19.7 Å². The van der Waals surface area contributed by atoms with Crippen LogP contribution >= 0.6 is 11.3 Å². The second-order valence-corrected chi connectivity index (χ2v) is 7.26. The smallest absolute Gasteiger partial charge is 0.213 e. The molecule has 0 spiro atoms. The highest BCUT2D eigenvalue weighted by Crippen LogP contribution is 2.39. The second kappa shape index (κ2) is 6.06. The highest BCUT2D eigenvalue weighted by atomic mass is 32.1. The van der Waals surface area contributed by atoms with Crippen molar-refractivity contribution in [1.82, 2.24) is 14.6 Å². The number of aromatic nitrogens is 3. The van der Waals surface area contributed by atoms with E-state index >= 15 is 0 Å². The lowest BCUT2D eigenvalue weighted by Gasteiger charge is -2.21. The first-order valence-corrected chi connectivity index (χ1v) is 9.20. The summed E-state index contributed by atoms with van der Waals surface area (Å²) in [5.41, 5.74) is 4.05. The van der Waals surface area contributed by atoms with Crippen molar-refractivity contribution in [3.05, 3.63) is 40.5 Å². The van der Waals surface area contributed by atoms with Gasteiger partial charge in [0.25, 0.3) is 0 Å². The van der Waals surface area contributed by atoms with Crippen LogP contribution in [0.4, 0.5) is 0 Å². The Labute approximate surface area is 139 Å². The molecule has 4 rings (SSSR count). The van der Waals surface area contributed by atoms with Crippen LogP contribution in [0.1, 0.15) is 54.8 Å². The van der Waals surface area contributed by atoms with Gasteiger partial charge in [0.2, 0.25) is 4.96 Å². The lowest BCUT2D eigenvalue weighted by atomic mass is 9.86. The van der Waals surface area contributed by atoms with Crippen molar-refractivity contribution in [2.45, 2.75) is 51.6 Å². The minimum atomic E-state index is -0.0406. The topological polar surface area (TPSA) is 50.4 Å². The van der Waals surface area contributed by atoms with E-state index < -0.39 is 0 Å². The zero-order valence-corrected chi connectivity index (χ0v) is 14.1. The Hall–Kier alpha value is -1.72. The van der Waals surface area contributed by atoms with E-state index in [0.717, 1.165) is 34.8 Å². The Bertz CT molecular complexity index is 815. The van der Waals surface area contributed by atoms with E-state index in [0.29, 0.717) is 5.92 Å². The SMILES string of the molecule is CCCc1ccc(-c2nc3sc(C4CCC4)nn3c2CO)cc1. The predicted molar refractivity (Wildman–Crippen MR) is 92.8 cm³/mol. The summed E-state index contributed by atoms with van der Waals surface area (Å²) < 4.78 is 1.84. The van der Waals surface area contributed by atoms with Crippen molar-refractivity contribution in [3.63, 3.8) is 0 Å². The minimum Gasteiger partial charge on any atom is -0.390 e. The molecule has 0 unspecified atom stereocenters. The highest BCUT2D eigenvalue weighted by molar-refractivity contribution is 7.16. The van der Waals surface area contributed by atoms with Crippen LogP contribution in [0, 0.1) is 0 Å². The molecule has 1 aliphatic carbocycles. The third-order valence-corrected chi connectivity index (χ3v) is 5.75. The number of nitrogens with zero attached hydrogens (tertiary/aromatic N) is 3. The molecule has 4 nitrogen and oxygen atoms in total. The van der Waals surface area contributed by atoms with Gasteiger partial charge in [0.05, 0.1) is 18.0 Å². The minimum absolute atomic E-state index is 0.0406. The first-order chi connectivity index (χ1) is 11.3. The summed E-state index contributed by atoms with van der Waals surface area (Å²) in [5.74, 6) is 0.602. The first-order valence-electron chi connectivity index (χ1n) is 8.38. The molecule has 2 heterocycles. The molecule has 1 aromatic carbocycles. The number of imidazole rings is 1. The Morgan fingerprint density at radius 2 is 2.04 bits per heavy atom. The van der Waals surface area contributed by atoms with Gasteiger partial charge in [0.1, 0.15) is 5.01 Å². The molecule has 1 aliphatic rings. The van der Waals surface area contributed by atoms with E-state index in [9.17, 15) is 5.11 Å². The molecule has 2 aromatic heterocycles. The molecular weight excluding hydrogens is 306 g/mol. The fourth-order valence-electron chi connectivity index (χ4n) is 3.12. The highest BCUT2D eigenvalue weighted by Gasteiger charge is 2.25. The Balaban J connectivity index is 1.72. The van der Waals surface area contributed by atoms with Gasteiger partial charge in [-0.1, -0.05) is 55.4 Å².